The van der Waals surface area contributed by atoms with Crippen molar-refractivity contribution in [3.05, 3.63) is 78.1 Å². The van der Waals surface area contributed by atoms with Crippen LogP contribution in [0.4, 0.5) is 17.1 Å². The number of ether oxygens (including phenoxy) is 1. The van der Waals surface area contributed by atoms with E-state index in [1.807, 2.05) is 0 Å². The highest BCUT2D eigenvalue weighted by atomic mass is 16.5. The van der Waals surface area contributed by atoms with Crippen LogP contribution in [-0.4, -0.2) is 36.4 Å². The first-order valence-corrected chi connectivity index (χ1v) is 10.2. The molecule has 1 aliphatic heterocycles. The van der Waals surface area contributed by atoms with E-state index in [1.165, 1.54) is 13.3 Å². The molecule has 0 atom stereocenters. The minimum atomic E-state index is -0.338. The summed E-state index contributed by atoms with van der Waals surface area (Å²) < 4.78 is 5.44. The van der Waals surface area contributed by atoms with Crippen molar-refractivity contribution in [1.29, 1.82) is 0 Å². The normalized spacial score (nSPS) is 13.0. The number of anilines is 3. The predicted octanol–water partition coefficient (Wildman–Crippen LogP) is 3.72. The average Bonchev–Trinajstić information content (AvgIpc) is 3.25. The number of carbonyl (C=O) groups is 3. The van der Waals surface area contributed by atoms with Gasteiger partial charge < -0.3 is 20.3 Å². The molecular formula is C24H22N4O4. The van der Waals surface area contributed by atoms with E-state index in [-0.39, 0.29) is 17.7 Å². The van der Waals surface area contributed by atoms with Gasteiger partial charge in [0.05, 0.1) is 18.4 Å². The van der Waals surface area contributed by atoms with E-state index < -0.39 is 0 Å². The van der Waals surface area contributed by atoms with Crippen LogP contribution in [0.1, 0.15) is 33.6 Å². The predicted molar refractivity (Wildman–Crippen MR) is 121 cm³/mol. The SMILES string of the molecule is COc1cc(NC(=O)c2cccc(NC(=O)c3cccnc3)c2)ccc1N1CCCC1=O. The minimum absolute atomic E-state index is 0.0604. The number of pyridine rings is 1. The Kier molecular flexibility index (Phi) is 6.12. The van der Waals surface area contributed by atoms with Gasteiger partial charge in [0.15, 0.2) is 0 Å². The molecule has 162 valence electrons. The number of amides is 3. The van der Waals surface area contributed by atoms with E-state index >= 15 is 0 Å². The summed E-state index contributed by atoms with van der Waals surface area (Å²) in [7, 11) is 1.53. The van der Waals surface area contributed by atoms with Crippen LogP contribution in [0.25, 0.3) is 0 Å². The third kappa shape index (κ3) is 4.59. The minimum Gasteiger partial charge on any atom is -0.494 e. The Balaban J connectivity index is 1.47. The highest BCUT2D eigenvalue weighted by molar-refractivity contribution is 6.07. The lowest BCUT2D eigenvalue weighted by Crippen LogP contribution is -2.24. The van der Waals surface area contributed by atoms with Crippen LogP contribution in [0.5, 0.6) is 5.75 Å². The molecule has 8 nitrogen and oxygen atoms in total. The fraction of sp³-hybridized carbons (Fsp3) is 0.167. The first kappa shape index (κ1) is 21.0. The van der Waals surface area contributed by atoms with Crippen LogP contribution < -0.4 is 20.3 Å². The Labute approximate surface area is 185 Å². The molecule has 8 heteroatoms. The number of methoxy groups -OCH3 is 1. The van der Waals surface area contributed by atoms with Crippen molar-refractivity contribution in [3.8, 4) is 5.75 Å². The number of carbonyl (C=O) groups excluding carboxylic acids is 3. The number of hydrogen-bond donors (Lipinski definition) is 2. The molecule has 0 bridgehead atoms. The van der Waals surface area contributed by atoms with Crippen LogP contribution in [0.15, 0.2) is 67.0 Å². The van der Waals surface area contributed by atoms with Gasteiger partial charge in [-0.1, -0.05) is 6.07 Å². The first-order valence-electron chi connectivity index (χ1n) is 10.2. The van der Waals surface area contributed by atoms with Gasteiger partial charge in [-0.3, -0.25) is 19.4 Å². The summed E-state index contributed by atoms with van der Waals surface area (Å²) in [5, 5.41) is 5.59. The zero-order chi connectivity index (χ0) is 22.5. The molecule has 2 aromatic carbocycles. The number of nitrogens with one attached hydrogen (secondary N) is 2. The van der Waals surface area contributed by atoms with Crippen molar-refractivity contribution in [2.24, 2.45) is 0 Å². The number of rotatable bonds is 6. The number of nitrogens with zero attached hydrogens (tertiary/aromatic N) is 2. The molecule has 2 heterocycles. The molecule has 3 amide bonds. The quantitative estimate of drug-likeness (QED) is 0.621. The van der Waals surface area contributed by atoms with Gasteiger partial charge in [-0.15, -0.1) is 0 Å². The summed E-state index contributed by atoms with van der Waals surface area (Å²) in [4.78, 5) is 42.8. The topological polar surface area (TPSA) is 101 Å². The van der Waals surface area contributed by atoms with Crippen LogP contribution in [-0.2, 0) is 4.79 Å². The third-order valence-corrected chi connectivity index (χ3v) is 5.11. The molecular weight excluding hydrogens is 408 g/mol. The zero-order valence-electron chi connectivity index (χ0n) is 17.5. The van der Waals surface area contributed by atoms with Crippen LogP contribution in [0, 0.1) is 0 Å². The molecule has 3 aromatic rings. The van der Waals surface area contributed by atoms with Gasteiger partial charge in [0, 0.05) is 48.4 Å². The Morgan fingerprint density at radius 1 is 0.969 bits per heavy atom. The Hall–Kier alpha value is -4.20. The monoisotopic (exact) mass is 430 g/mol. The van der Waals surface area contributed by atoms with Gasteiger partial charge in [0.2, 0.25) is 5.91 Å². The third-order valence-electron chi connectivity index (χ3n) is 5.11. The smallest absolute Gasteiger partial charge is 0.257 e. The second kappa shape index (κ2) is 9.30. The molecule has 0 saturated carbocycles. The summed E-state index contributed by atoms with van der Waals surface area (Å²) >= 11 is 0. The zero-order valence-corrected chi connectivity index (χ0v) is 17.5. The summed E-state index contributed by atoms with van der Waals surface area (Å²) in [6.07, 6.45) is 4.40. The van der Waals surface area contributed by atoms with E-state index in [1.54, 1.807) is 65.7 Å². The van der Waals surface area contributed by atoms with Crippen molar-refractivity contribution in [2.75, 3.05) is 29.2 Å². The van der Waals surface area contributed by atoms with Crippen molar-refractivity contribution in [3.63, 3.8) is 0 Å². The standard InChI is InChI=1S/C24H22N4O4/c1-32-21-14-19(9-10-20(21)28-12-4-8-22(28)29)27-23(30)16-5-2-7-18(13-16)26-24(31)17-6-3-11-25-15-17/h2-3,5-7,9-11,13-15H,4,8,12H2,1H3,(H,26,31)(H,27,30). The van der Waals surface area contributed by atoms with Gasteiger partial charge in [0.1, 0.15) is 5.75 Å². The number of aromatic nitrogens is 1. The molecule has 2 N–H and O–H groups in total. The van der Waals surface area contributed by atoms with Crippen LogP contribution >= 0.6 is 0 Å². The van der Waals surface area contributed by atoms with Gasteiger partial charge in [0.25, 0.3) is 11.8 Å². The second-order valence-corrected chi connectivity index (χ2v) is 7.27. The van der Waals surface area contributed by atoms with Gasteiger partial charge in [-0.25, -0.2) is 0 Å². The maximum Gasteiger partial charge on any atom is 0.257 e. The Bertz CT molecular complexity index is 1160. The van der Waals surface area contributed by atoms with E-state index in [9.17, 15) is 14.4 Å². The van der Waals surface area contributed by atoms with Crippen molar-refractivity contribution in [2.45, 2.75) is 12.8 Å². The lowest BCUT2D eigenvalue weighted by atomic mass is 10.1. The van der Waals surface area contributed by atoms with E-state index in [0.29, 0.717) is 46.9 Å². The summed E-state index contributed by atoms with van der Waals surface area (Å²) in [6, 6.07) is 15.2. The van der Waals surface area contributed by atoms with Gasteiger partial charge >= 0.3 is 0 Å². The highest BCUT2D eigenvalue weighted by Gasteiger charge is 2.24. The molecule has 4 rings (SSSR count). The average molecular weight is 430 g/mol. The van der Waals surface area contributed by atoms with Gasteiger partial charge in [-0.2, -0.15) is 0 Å². The molecule has 1 saturated heterocycles. The fourth-order valence-electron chi connectivity index (χ4n) is 3.52. The largest absolute Gasteiger partial charge is 0.494 e. The second-order valence-electron chi connectivity index (χ2n) is 7.27. The summed E-state index contributed by atoms with van der Waals surface area (Å²) in [5.74, 6) is -0.0808. The van der Waals surface area contributed by atoms with E-state index in [0.717, 1.165) is 6.42 Å². The molecule has 32 heavy (non-hydrogen) atoms. The molecule has 0 aliphatic carbocycles. The Morgan fingerprint density at radius 3 is 2.41 bits per heavy atom. The number of hydrogen-bond acceptors (Lipinski definition) is 5. The van der Waals surface area contributed by atoms with Crippen molar-refractivity contribution >= 4 is 34.8 Å². The first-order chi connectivity index (χ1) is 15.5. The van der Waals surface area contributed by atoms with Crippen LogP contribution in [0.2, 0.25) is 0 Å². The summed E-state index contributed by atoms with van der Waals surface area (Å²) in [6.45, 7) is 0.651. The molecule has 0 spiro atoms. The Morgan fingerprint density at radius 2 is 1.72 bits per heavy atom. The highest BCUT2D eigenvalue weighted by Crippen LogP contribution is 2.34. The maximum absolute atomic E-state index is 12.8. The molecule has 1 aromatic heterocycles. The molecule has 0 unspecified atom stereocenters. The fourth-order valence-corrected chi connectivity index (χ4v) is 3.52. The maximum atomic E-state index is 12.8. The summed E-state index contributed by atoms with van der Waals surface area (Å²) in [5.41, 5.74) is 2.52. The lowest BCUT2D eigenvalue weighted by molar-refractivity contribution is -0.117. The van der Waals surface area contributed by atoms with Gasteiger partial charge in [-0.05, 0) is 48.9 Å². The van der Waals surface area contributed by atoms with E-state index in [2.05, 4.69) is 15.6 Å². The van der Waals surface area contributed by atoms with Crippen LogP contribution in [0.3, 0.4) is 0 Å². The van der Waals surface area contributed by atoms with Crippen molar-refractivity contribution < 1.29 is 19.1 Å². The van der Waals surface area contributed by atoms with Crippen molar-refractivity contribution in [1.82, 2.24) is 4.98 Å². The number of benzene rings is 2. The molecule has 1 fully saturated rings. The molecule has 0 radical (unpaired) electrons. The van der Waals surface area contributed by atoms with E-state index in [4.69, 9.17) is 4.74 Å². The lowest BCUT2D eigenvalue weighted by Gasteiger charge is -2.19. The molecule has 1 aliphatic rings.